The number of nitrogens with zero attached hydrogens (tertiary/aromatic N) is 4. The van der Waals surface area contributed by atoms with Crippen LogP contribution in [0.3, 0.4) is 0 Å². The number of pyridine rings is 1. The van der Waals surface area contributed by atoms with E-state index >= 15 is 0 Å². The molecule has 5 rings (SSSR count). The number of fused-ring (bicyclic) bond motifs is 2. The molecule has 142 valence electrons. The minimum Gasteiger partial charge on any atom is -0.341 e. The van der Waals surface area contributed by atoms with Crippen LogP contribution in [0.4, 0.5) is 0 Å². The van der Waals surface area contributed by atoms with Gasteiger partial charge in [-0.25, -0.2) is 9.97 Å². The van der Waals surface area contributed by atoms with Crippen LogP contribution in [0, 0.1) is 0 Å². The fourth-order valence-corrected chi connectivity index (χ4v) is 4.54. The molecule has 1 saturated heterocycles. The number of H-pyrrole nitrogens is 2. The van der Waals surface area contributed by atoms with Crippen molar-refractivity contribution in [2.24, 2.45) is 0 Å². The Labute approximate surface area is 161 Å². The van der Waals surface area contributed by atoms with Crippen LogP contribution in [0.15, 0.2) is 41.8 Å². The van der Waals surface area contributed by atoms with E-state index in [1.165, 1.54) is 6.33 Å². The van der Waals surface area contributed by atoms with Gasteiger partial charge in [-0.2, -0.15) is 0 Å². The lowest BCUT2D eigenvalue weighted by atomic mass is 9.77. The lowest BCUT2D eigenvalue weighted by Crippen LogP contribution is -2.48. The van der Waals surface area contributed by atoms with Crippen molar-refractivity contribution >= 4 is 5.91 Å². The van der Waals surface area contributed by atoms with Crippen LogP contribution < -0.4 is 5.56 Å². The standard InChI is InChI=1S/C20H20N6O2/c27-18-14-4-6-20(16(14)24-17(25-18)13-3-1-7-21-9-13)5-2-8-26(11-20)19(28)15-10-22-12-23-15/h1,3,7,9-10,12H,2,4-6,8,11H2,(H,22,23)(H,24,25,27). The summed E-state index contributed by atoms with van der Waals surface area (Å²) in [5.41, 5.74) is 2.52. The SMILES string of the molecule is O=C(c1cnc[nH]1)N1CCCC2(CCc3c2nc(-c2cccnc2)[nH]c3=O)C1. The highest BCUT2D eigenvalue weighted by Gasteiger charge is 2.45. The van der Waals surface area contributed by atoms with E-state index in [0.29, 0.717) is 31.0 Å². The summed E-state index contributed by atoms with van der Waals surface area (Å²) in [4.78, 5) is 46.1. The predicted octanol–water partition coefficient (Wildman–Crippen LogP) is 1.68. The van der Waals surface area contributed by atoms with Crippen LogP contribution >= 0.6 is 0 Å². The molecule has 8 nitrogen and oxygen atoms in total. The van der Waals surface area contributed by atoms with E-state index in [1.54, 1.807) is 18.6 Å². The van der Waals surface area contributed by atoms with Crippen molar-refractivity contribution in [3.63, 3.8) is 0 Å². The highest BCUT2D eigenvalue weighted by Crippen LogP contribution is 2.43. The monoisotopic (exact) mass is 376 g/mol. The minimum atomic E-state index is -0.269. The molecule has 1 unspecified atom stereocenters. The van der Waals surface area contributed by atoms with Crippen molar-refractivity contribution in [2.45, 2.75) is 31.1 Å². The molecule has 3 aromatic heterocycles. The molecule has 1 atom stereocenters. The molecule has 2 aliphatic rings. The maximum atomic E-state index is 12.8. The van der Waals surface area contributed by atoms with E-state index in [1.807, 2.05) is 17.0 Å². The van der Waals surface area contributed by atoms with Gasteiger partial charge >= 0.3 is 0 Å². The predicted molar refractivity (Wildman–Crippen MR) is 102 cm³/mol. The second-order valence-corrected chi connectivity index (χ2v) is 7.56. The molecule has 1 spiro atoms. The molecule has 1 aliphatic heterocycles. The molecular formula is C20H20N6O2. The number of imidazole rings is 1. The molecule has 1 amide bonds. The Morgan fingerprint density at radius 1 is 1.21 bits per heavy atom. The third kappa shape index (κ3) is 2.64. The Hall–Kier alpha value is -3.29. The summed E-state index contributed by atoms with van der Waals surface area (Å²) in [5, 5.41) is 0. The second-order valence-electron chi connectivity index (χ2n) is 7.56. The van der Waals surface area contributed by atoms with Crippen molar-refractivity contribution in [3.8, 4) is 11.4 Å². The van der Waals surface area contributed by atoms with Gasteiger partial charge in [0.2, 0.25) is 0 Å². The quantitative estimate of drug-likeness (QED) is 0.707. The van der Waals surface area contributed by atoms with Crippen molar-refractivity contribution in [1.29, 1.82) is 0 Å². The van der Waals surface area contributed by atoms with Crippen LogP contribution in [0.25, 0.3) is 11.4 Å². The van der Waals surface area contributed by atoms with Gasteiger partial charge in [0, 0.05) is 42.0 Å². The number of nitrogens with one attached hydrogen (secondary N) is 2. The van der Waals surface area contributed by atoms with Crippen molar-refractivity contribution in [1.82, 2.24) is 29.8 Å². The minimum absolute atomic E-state index is 0.0534. The summed E-state index contributed by atoms with van der Waals surface area (Å²) in [6.07, 6.45) is 9.79. The van der Waals surface area contributed by atoms with Crippen LogP contribution in [-0.2, 0) is 11.8 Å². The van der Waals surface area contributed by atoms with Crippen LogP contribution in [0.2, 0.25) is 0 Å². The number of rotatable bonds is 2. The van der Waals surface area contributed by atoms with E-state index < -0.39 is 0 Å². The first-order valence-electron chi connectivity index (χ1n) is 9.48. The van der Waals surface area contributed by atoms with Gasteiger partial charge in [-0.3, -0.25) is 14.6 Å². The lowest BCUT2D eigenvalue weighted by Gasteiger charge is -2.40. The number of aromatic nitrogens is 5. The zero-order valence-electron chi connectivity index (χ0n) is 15.3. The summed E-state index contributed by atoms with van der Waals surface area (Å²) >= 11 is 0. The van der Waals surface area contributed by atoms with Gasteiger partial charge in [-0.1, -0.05) is 0 Å². The molecule has 3 aromatic rings. The average molecular weight is 376 g/mol. The van der Waals surface area contributed by atoms with Crippen molar-refractivity contribution < 1.29 is 4.79 Å². The normalized spacial score (nSPS) is 21.1. The van der Waals surface area contributed by atoms with Gasteiger partial charge in [0.1, 0.15) is 11.5 Å². The lowest BCUT2D eigenvalue weighted by molar-refractivity contribution is 0.0628. The summed E-state index contributed by atoms with van der Waals surface area (Å²) in [7, 11) is 0. The third-order valence-corrected chi connectivity index (χ3v) is 5.90. The van der Waals surface area contributed by atoms with Crippen molar-refractivity contribution in [2.75, 3.05) is 13.1 Å². The summed E-state index contributed by atoms with van der Waals surface area (Å²) < 4.78 is 0. The first-order valence-corrected chi connectivity index (χ1v) is 9.48. The summed E-state index contributed by atoms with van der Waals surface area (Å²) in [6, 6.07) is 3.71. The molecule has 1 fully saturated rings. The molecule has 8 heteroatoms. The Kier molecular flexibility index (Phi) is 3.85. The number of likely N-dealkylation sites (tertiary alicyclic amines) is 1. The highest BCUT2D eigenvalue weighted by molar-refractivity contribution is 5.92. The van der Waals surface area contributed by atoms with Gasteiger partial charge in [-0.15, -0.1) is 0 Å². The number of hydrogen-bond acceptors (Lipinski definition) is 5. The van der Waals surface area contributed by atoms with E-state index in [2.05, 4.69) is 19.9 Å². The van der Waals surface area contributed by atoms with Crippen LogP contribution in [0.1, 0.15) is 41.0 Å². The largest absolute Gasteiger partial charge is 0.341 e. The van der Waals surface area contributed by atoms with E-state index in [9.17, 15) is 9.59 Å². The highest BCUT2D eigenvalue weighted by atomic mass is 16.2. The van der Waals surface area contributed by atoms with Crippen molar-refractivity contribution in [3.05, 3.63) is 64.4 Å². The first-order chi connectivity index (χ1) is 13.7. The van der Waals surface area contributed by atoms with Gasteiger partial charge < -0.3 is 14.9 Å². The van der Waals surface area contributed by atoms with Crippen LogP contribution in [-0.4, -0.2) is 48.8 Å². The molecule has 0 radical (unpaired) electrons. The zero-order chi connectivity index (χ0) is 19.1. The van der Waals surface area contributed by atoms with E-state index in [0.717, 1.165) is 36.1 Å². The molecule has 0 saturated carbocycles. The number of hydrogen-bond donors (Lipinski definition) is 2. The molecule has 4 heterocycles. The average Bonchev–Trinajstić information content (AvgIpc) is 3.38. The summed E-state index contributed by atoms with van der Waals surface area (Å²) in [5.74, 6) is 0.484. The third-order valence-electron chi connectivity index (χ3n) is 5.90. The molecule has 28 heavy (non-hydrogen) atoms. The zero-order valence-corrected chi connectivity index (χ0v) is 15.3. The molecule has 2 N–H and O–H groups in total. The number of aromatic amines is 2. The van der Waals surface area contributed by atoms with E-state index in [4.69, 9.17) is 4.98 Å². The number of carbonyl (C=O) groups excluding carboxylic acids is 1. The second kappa shape index (κ2) is 6.40. The first kappa shape index (κ1) is 16.9. The molecular weight excluding hydrogens is 356 g/mol. The number of piperidine rings is 1. The Morgan fingerprint density at radius 2 is 2.14 bits per heavy atom. The summed E-state index contributed by atoms with van der Waals surface area (Å²) in [6.45, 7) is 1.27. The molecule has 1 aliphatic carbocycles. The van der Waals surface area contributed by atoms with Crippen LogP contribution in [0.5, 0.6) is 0 Å². The molecule has 0 bridgehead atoms. The Bertz CT molecular complexity index is 1080. The smallest absolute Gasteiger partial charge is 0.271 e. The Balaban J connectivity index is 1.54. The van der Waals surface area contributed by atoms with Gasteiger partial charge in [-0.05, 0) is 37.8 Å². The van der Waals surface area contributed by atoms with Gasteiger partial charge in [0.15, 0.2) is 0 Å². The van der Waals surface area contributed by atoms with E-state index in [-0.39, 0.29) is 16.9 Å². The number of amides is 1. The fraction of sp³-hybridized carbons (Fsp3) is 0.350. The topological polar surface area (TPSA) is 108 Å². The van der Waals surface area contributed by atoms with Gasteiger partial charge in [0.25, 0.3) is 11.5 Å². The van der Waals surface area contributed by atoms with Gasteiger partial charge in [0.05, 0.1) is 18.2 Å². The Morgan fingerprint density at radius 3 is 2.93 bits per heavy atom. The molecule has 0 aromatic carbocycles. The fourth-order valence-electron chi connectivity index (χ4n) is 4.54. The maximum absolute atomic E-state index is 12.8. The number of carbonyl (C=O) groups is 1. The maximum Gasteiger partial charge on any atom is 0.271 e.